The molecule has 14 nitrogen and oxygen atoms in total. The predicted molar refractivity (Wildman–Crippen MR) is 256 cm³/mol. The van der Waals surface area contributed by atoms with Crippen molar-refractivity contribution in [1.82, 2.24) is 25.8 Å². The van der Waals surface area contributed by atoms with Gasteiger partial charge < -0.3 is 40.7 Å². The minimum Gasteiger partial charge on any atom is -0.489 e. The molecule has 1 saturated heterocycles. The lowest BCUT2D eigenvalue weighted by Gasteiger charge is -2.63. The summed E-state index contributed by atoms with van der Waals surface area (Å²) in [5.41, 5.74) is 5.82. The molecule has 352 valence electrons. The number of halogens is 1. The van der Waals surface area contributed by atoms with Crippen molar-refractivity contribution in [3.05, 3.63) is 99.6 Å². The number of likely N-dealkylation sites (tertiary alicyclic amines) is 1. The number of hydrogen-bond acceptors (Lipinski definition) is 11. The molecule has 3 atom stereocenters. The number of nitrogens with one attached hydrogen (secondary N) is 4. The molecule has 0 bridgehead atoms. The van der Waals surface area contributed by atoms with Crippen LogP contribution in [-0.2, 0) is 25.7 Å². The van der Waals surface area contributed by atoms with Gasteiger partial charge in [0, 0.05) is 66.9 Å². The van der Waals surface area contributed by atoms with Crippen LogP contribution < -0.4 is 26.0 Å². The molecular formula is C50H62ClN7O7S. The second-order valence-corrected chi connectivity index (χ2v) is 20.0. The van der Waals surface area contributed by atoms with E-state index in [2.05, 4.69) is 60.0 Å². The van der Waals surface area contributed by atoms with Gasteiger partial charge in [0.2, 0.25) is 17.7 Å². The quantitative estimate of drug-likeness (QED) is 0.0563. The number of amides is 4. The lowest BCUT2D eigenvalue weighted by molar-refractivity contribution is -0.164. The average molecular weight is 941 g/mol. The summed E-state index contributed by atoms with van der Waals surface area (Å²) < 4.78 is 12.0. The van der Waals surface area contributed by atoms with Gasteiger partial charge >= 0.3 is 0 Å². The van der Waals surface area contributed by atoms with Crippen molar-refractivity contribution in [1.29, 1.82) is 5.26 Å². The van der Waals surface area contributed by atoms with Crippen LogP contribution in [0.25, 0.3) is 10.4 Å². The zero-order valence-electron chi connectivity index (χ0n) is 38.8. The topological polar surface area (TPSA) is 195 Å². The van der Waals surface area contributed by atoms with E-state index in [-0.39, 0.29) is 66.8 Å². The number of carbonyl (C=O) groups excluding carboxylic acids is 4. The molecule has 1 aliphatic carbocycles. The van der Waals surface area contributed by atoms with E-state index in [0.717, 1.165) is 46.6 Å². The van der Waals surface area contributed by atoms with Gasteiger partial charge in [-0.3, -0.25) is 19.2 Å². The Kier molecular flexibility index (Phi) is 16.5. The Morgan fingerprint density at radius 1 is 1.00 bits per heavy atom. The molecular weight excluding hydrogens is 878 g/mol. The number of nitriles is 1. The number of rotatable bonds is 20. The van der Waals surface area contributed by atoms with Gasteiger partial charge in [0.15, 0.2) is 0 Å². The van der Waals surface area contributed by atoms with E-state index in [1.54, 1.807) is 41.7 Å². The van der Waals surface area contributed by atoms with E-state index >= 15 is 0 Å². The number of aliphatic hydroxyl groups excluding tert-OH is 1. The molecule has 6 rings (SSSR count). The number of ether oxygens (including phenoxy) is 2. The lowest BCUT2D eigenvalue weighted by atomic mass is 9.49. The summed E-state index contributed by atoms with van der Waals surface area (Å²) in [7, 11) is 0. The summed E-state index contributed by atoms with van der Waals surface area (Å²) in [6, 6.07) is 20.4. The number of β-amino-alcohol motifs (C(OH)–C–C–N with tert-alkyl or cyclic N) is 1. The molecule has 0 radical (unpaired) electrons. The van der Waals surface area contributed by atoms with E-state index in [1.807, 2.05) is 62.7 Å². The van der Waals surface area contributed by atoms with Crippen molar-refractivity contribution in [3.8, 4) is 22.3 Å². The number of unbranched alkanes of at least 4 members (excludes halogenated alkanes) is 2. The first kappa shape index (κ1) is 49.9. The fourth-order valence-corrected chi connectivity index (χ4v) is 10.4. The van der Waals surface area contributed by atoms with Crippen molar-refractivity contribution in [2.45, 2.75) is 111 Å². The number of carbonyl (C=O) groups is 4. The largest absolute Gasteiger partial charge is 0.489 e. The van der Waals surface area contributed by atoms with Gasteiger partial charge in [0.05, 0.1) is 32.8 Å². The number of nitrogens with zero attached hydrogens (tertiary/aromatic N) is 3. The molecule has 1 saturated carbocycles. The van der Waals surface area contributed by atoms with Gasteiger partial charge in [-0.2, -0.15) is 5.26 Å². The fraction of sp³-hybridized carbons (Fsp3) is 0.480. The van der Waals surface area contributed by atoms with Gasteiger partial charge in [0.1, 0.15) is 36.6 Å². The second kappa shape index (κ2) is 21.8. The maximum Gasteiger partial charge on any atom is 0.251 e. The van der Waals surface area contributed by atoms with Gasteiger partial charge in [-0.15, -0.1) is 11.3 Å². The third-order valence-corrected chi connectivity index (χ3v) is 13.9. The van der Waals surface area contributed by atoms with Crippen LogP contribution in [0.4, 0.5) is 5.69 Å². The summed E-state index contributed by atoms with van der Waals surface area (Å²) in [4.78, 5) is 60.2. The molecule has 5 N–H and O–H groups in total. The summed E-state index contributed by atoms with van der Waals surface area (Å²) in [6.45, 7) is 15.0. The van der Waals surface area contributed by atoms with Gasteiger partial charge in [-0.05, 0) is 79.6 Å². The van der Waals surface area contributed by atoms with Crippen LogP contribution in [0.15, 0.2) is 72.2 Å². The van der Waals surface area contributed by atoms with E-state index in [4.69, 9.17) is 21.1 Å². The van der Waals surface area contributed by atoms with Crippen molar-refractivity contribution in [3.63, 3.8) is 0 Å². The Morgan fingerprint density at radius 2 is 1.71 bits per heavy atom. The number of aryl methyl sites for hydroxylation is 1. The number of aliphatic hydroxyl groups is 1. The lowest BCUT2D eigenvalue weighted by Crippen LogP contribution is -2.74. The van der Waals surface area contributed by atoms with Gasteiger partial charge in [-0.25, -0.2) is 4.98 Å². The molecule has 2 fully saturated rings. The zero-order valence-corrected chi connectivity index (χ0v) is 40.4. The van der Waals surface area contributed by atoms with Crippen LogP contribution in [-0.4, -0.2) is 95.3 Å². The Bertz CT molecular complexity index is 2360. The minimum atomic E-state index is -0.892. The molecule has 4 amide bonds. The maximum atomic E-state index is 13.8. The zero-order chi connectivity index (χ0) is 47.8. The first-order valence-corrected chi connectivity index (χ1v) is 23.8. The molecule has 16 heteroatoms. The van der Waals surface area contributed by atoms with Crippen LogP contribution in [0, 0.1) is 35.0 Å². The fourth-order valence-electron chi connectivity index (χ4n) is 9.33. The standard InChI is InChI=1S/C50H62ClN7O7S/c1-30(2)42(46(63)58-27-37(59)23-40(58)45(62)54-26-32-11-13-33(14-12-32)43-31(3)55-29-66-43)56-41(60)28-64-22-10-8-9-21-53-36-18-15-34(16-19-36)44(61)57-47-49(4,5)48(50(47,6)7)65-38-20-17-35(25-52)39(51)24-38/h11-20,24,29-30,37,40,42,47-48,53,59H,8-10,21-23,26-28H2,1-7H3,(H,54,62)(H,56,60)(H,57,61)/t37-,40+,42+,47?,48?/m1/s1. The van der Waals surface area contributed by atoms with Crippen molar-refractivity contribution < 1.29 is 33.8 Å². The maximum absolute atomic E-state index is 13.8. The normalized spacial score (nSPS) is 19.9. The van der Waals surface area contributed by atoms with Crippen molar-refractivity contribution in [2.75, 3.05) is 31.6 Å². The molecule has 3 aromatic carbocycles. The highest BCUT2D eigenvalue weighted by atomic mass is 35.5. The molecule has 0 spiro atoms. The third kappa shape index (κ3) is 11.9. The number of hydrogen-bond donors (Lipinski definition) is 5. The first-order valence-electron chi connectivity index (χ1n) is 22.5. The monoisotopic (exact) mass is 939 g/mol. The highest BCUT2D eigenvalue weighted by molar-refractivity contribution is 7.13. The van der Waals surface area contributed by atoms with Gasteiger partial charge in [0.25, 0.3) is 5.91 Å². The molecule has 2 aliphatic rings. The van der Waals surface area contributed by atoms with Crippen LogP contribution in [0.1, 0.15) is 94.4 Å². The van der Waals surface area contributed by atoms with Crippen LogP contribution in [0.3, 0.4) is 0 Å². The average Bonchev–Trinajstić information content (AvgIpc) is 3.91. The highest BCUT2D eigenvalue weighted by Crippen LogP contribution is 2.55. The number of anilines is 1. The third-order valence-electron chi connectivity index (χ3n) is 12.6. The van der Waals surface area contributed by atoms with Crippen molar-refractivity contribution >= 4 is 52.3 Å². The summed E-state index contributed by atoms with van der Waals surface area (Å²) in [5.74, 6) is -1.06. The Labute approximate surface area is 396 Å². The van der Waals surface area contributed by atoms with E-state index in [1.165, 1.54) is 4.90 Å². The number of aromatic nitrogens is 1. The first-order chi connectivity index (χ1) is 31.4. The summed E-state index contributed by atoms with van der Waals surface area (Å²) in [5, 5.41) is 32.4. The van der Waals surface area contributed by atoms with E-state index in [9.17, 15) is 29.5 Å². The van der Waals surface area contributed by atoms with E-state index < -0.39 is 30.0 Å². The summed E-state index contributed by atoms with van der Waals surface area (Å²) >= 11 is 7.81. The number of thiazole rings is 1. The predicted octanol–water partition coefficient (Wildman–Crippen LogP) is 7.27. The van der Waals surface area contributed by atoms with Gasteiger partial charge in [-0.1, -0.05) is 77.4 Å². The Morgan fingerprint density at radius 3 is 2.35 bits per heavy atom. The molecule has 4 aromatic rings. The summed E-state index contributed by atoms with van der Waals surface area (Å²) in [6.07, 6.45) is 1.51. The van der Waals surface area contributed by atoms with Crippen LogP contribution in [0.2, 0.25) is 5.02 Å². The SMILES string of the molecule is Cc1ncsc1-c1ccc(CNC(=O)[C@@H]2C[C@@H](O)CN2C(=O)[C@@H](NC(=O)COCCCCCNc2ccc(C(=O)NC3C(C)(C)C(Oc4ccc(C#N)c(Cl)c4)C3(C)C)cc2)C(C)C)cc1. The van der Waals surface area contributed by atoms with Crippen LogP contribution >= 0.6 is 22.9 Å². The molecule has 0 unspecified atom stereocenters. The van der Waals surface area contributed by atoms with E-state index in [0.29, 0.717) is 35.1 Å². The second-order valence-electron chi connectivity index (χ2n) is 18.8. The highest BCUT2D eigenvalue weighted by Gasteiger charge is 2.64. The van der Waals surface area contributed by atoms with Crippen molar-refractivity contribution in [2.24, 2.45) is 16.7 Å². The Hall–Kier alpha value is -5.53. The molecule has 1 aliphatic heterocycles. The Balaban J connectivity index is 0.864. The smallest absolute Gasteiger partial charge is 0.251 e. The molecule has 2 heterocycles. The van der Waals surface area contributed by atoms with Crippen LogP contribution in [0.5, 0.6) is 5.75 Å². The molecule has 1 aromatic heterocycles. The number of benzene rings is 3. The minimum absolute atomic E-state index is 0.00264. The molecule has 66 heavy (non-hydrogen) atoms.